The molecule has 1 aromatic rings. The lowest BCUT2D eigenvalue weighted by molar-refractivity contribution is -0.0839. The molecule has 2 aliphatic heterocycles. The molecule has 2 fully saturated rings. The molecule has 0 bridgehead atoms. The van der Waals surface area contributed by atoms with Crippen LogP contribution in [-0.2, 0) is 4.74 Å². The maximum Gasteiger partial charge on any atom is 0.317 e. The molecule has 3 amide bonds. The summed E-state index contributed by atoms with van der Waals surface area (Å²) in [5.41, 5.74) is 0.570. The van der Waals surface area contributed by atoms with E-state index in [2.05, 4.69) is 26.1 Å². The van der Waals surface area contributed by atoms with E-state index in [0.717, 1.165) is 25.9 Å². The second-order valence-corrected chi connectivity index (χ2v) is 9.77. The lowest BCUT2D eigenvalue weighted by Gasteiger charge is -2.40. The summed E-state index contributed by atoms with van der Waals surface area (Å²) in [7, 11) is 0. The quantitative estimate of drug-likeness (QED) is 0.779. The highest BCUT2D eigenvalue weighted by atomic mass is 35.5. The molecule has 1 N–H and O–H groups in total. The highest BCUT2D eigenvalue weighted by molar-refractivity contribution is 6.33. The van der Waals surface area contributed by atoms with Gasteiger partial charge in [0.15, 0.2) is 0 Å². The summed E-state index contributed by atoms with van der Waals surface area (Å²) in [4.78, 5) is 29.2. The molecule has 7 heteroatoms. The summed E-state index contributed by atoms with van der Waals surface area (Å²) in [6.45, 7) is 10.3. The van der Waals surface area contributed by atoms with E-state index < -0.39 is 0 Å². The number of carbonyl (C=O) groups is 2. The van der Waals surface area contributed by atoms with Gasteiger partial charge >= 0.3 is 6.03 Å². The number of nitrogens with one attached hydrogen (secondary N) is 1. The van der Waals surface area contributed by atoms with Gasteiger partial charge in [-0.05, 0) is 36.8 Å². The topological polar surface area (TPSA) is 61.9 Å². The third kappa shape index (κ3) is 5.67. The molecule has 30 heavy (non-hydrogen) atoms. The zero-order valence-electron chi connectivity index (χ0n) is 18.3. The molecule has 0 radical (unpaired) electrons. The SMILES string of the molecule is CC(C)(C)C1OCCCC1CNC(=O)N1CCCN(C(=O)c2ccccc2Cl)CC1. The molecule has 2 saturated heterocycles. The van der Waals surface area contributed by atoms with Crippen LogP contribution in [0.5, 0.6) is 0 Å². The molecule has 2 aliphatic rings. The summed E-state index contributed by atoms with van der Waals surface area (Å²) in [6.07, 6.45) is 3.01. The van der Waals surface area contributed by atoms with E-state index in [4.69, 9.17) is 16.3 Å². The Balaban J connectivity index is 1.53. The van der Waals surface area contributed by atoms with E-state index in [0.29, 0.717) is 49.2 Å². The van der Waals surface area contributed by atoms with Gasteiger partial charge in [0.1, 0.15) is 0 Å². The maximum absolute atomic E-state index is 12.8. The minimum atomic E-state index is -0.0739. The first-order valence-electron chi connectivity index (χ1n) is 11.0. The minimum absolute atomic E-state index is 0.0536. The van der Waals surface area contributed by atoms with Crippen LogP contribution in [0.15, 0.2) is 24.3 Å². The van der Waals surface area contributed by atoms with Crippen molar-refractivity contribution in [2.45, 2.75) is 46.1 Å². The van der Waals surface area contributed by atoms with Gasteiger partial charge in [0.05, 0.1) is 16.7 Å². The predicted molar refractivity (Wildman–Crippen MR) is 119 cm³/mol. The Hall–Kier alpha value is -1.79. The van der Waals surface area contributed by atoms with Crippen molar-refractivity contribution >= 4 is 23.5 Å². The van der Waals surface area contributed by atoms with Crippen LogP contribution in [0.1, 0.15) is 50.4 Å². The maximum atomic E-state index is 12.8. The molecule has 0 spiro atoms. The Labute approximate surface area is 184 Å². The molecular weight excluding hydrogens is 402 g/mol. The molecule has 2 atom stereocenters. The lowest BCUT2D eigenvalue weighted by atomic mass is 9.78. The van der Waals surface area contributed by atoms with Crippen LogP contribution in [0.3, 0.4) is 0 Å². The summed E-state index contributed by atoms with van der Waals surface area (Å²) in [5.74, 6) is 0.253. The first-order valence-corrected chi connectivity index (χ1v) is 11.3. The minimum Gasteiger partial charge on any atom is -0.377 e. The van der Waals surface area contributed by atoms with Gasteiger partial charge in [-0.3, -0.25) is 4.79 Å². The average Bonchev–Trinajstić information content (AvgIpc) is 2.98. The first-order chi connectivity index (χ1) is 14.3. The number of hydrogen-bond donors (Lipinski definition) is 1. The zero-order valence-corrected chi connectivity index (χ0v) is 19.1. The summed E-state index contributed by atoms with van der Waals surface area (Å²) in [5, 5.41) is 3.58. The van der Waals surface area contributed by atoms with Crippen LogP contribution >= 0.6 is 11.6 Å². The number of halogens is 1. The Morgan fingerprint density at radius 2 is 1.80 bits per heavy atom. The second-order valence-electron chi connectivity index (χ2n) is 9.36. The molecule has 0 aliphatic carbocycles. The van der Waals surface area contributed by atoms with Gasteiger partial charge in [-0.1, -0.05) is 44.5 Å². The number of rotatable bonds is 3. The van der Waals surface area contributed by atoms with Crippen molar-refractivity contribution in [1.82, 2.24) is 15.1 Å². The van der Waals surface area contributed by atoms with Crippen LogP contribution in [0.4, 0.5) is 4.79 Å². The second kappa shape index (κ2) is 10.0. The summed E-state index contributed by atoms with van der Waals surface area (Å²) < 4.78 is 6.03. The van der Waals surface area contributed by atoms with Gasteiger partial charge in [0, 0.05) is 45.2 Å². The van der Waals surface area contributed by atoms with Crippen molar-refractivity contribution in [2.75, 3.05) is 39.3 Å². The fourth-order valence-electron chi connectivity index (χ4n) is 4.47. The van der Waals surface area contributed by atoms with Crippen molar-refractivity contribution in [2.24, 2.45) is 11.3 Å². The Morgan fingerprint density at radius 3 is 2.53 bits per heavy atom. The van der Waals surface area contributed by atoms with Gasteiger partial charge < -0.3 is 19.9 Å². The van der Waals surface area contributed by atoms with E-state index >= 15 is 0 Å². The normalized spacial score (nSPS) is 23.1. The van der Waals surface area contributed by atoms with E-state index in [-0.39, 0.29) is 23.5 Å². The van der Waals surface area contributed by atoms with Crippen molar-refractivity contribution < 1.29 is 14.3 Å². The van der Waals surface area contributed by atoms with Crippen LogP contribution in [0.2, 0.25) is 5.02 Å². The van der Waals surface area contributed by atoms with Crippen molar-refractivity contribution in [3.05, 3.63) is 34.9 Å². The number of nitrogens with zero attached hydrogens (tertiary/aromatic N) is 2. The fraction of sp³-hybridized carbons (Fsp3) is 0.652. The van der Waals surface area contributed by atoms with Crippen molar-refractivity contribution in [3.8, 4) is 0 Å². The Bertz CT molecular complexity index is 749. The first kappa shape index (κ1) is 22.9. The molecule has 0 saturated carbocycles. The summed E-state index contributed by atoms with van der Waals surface area (Å²) >= 11 is 6.18. The molecule has 3 rings (SSSR count). The number of hydrogen-bond acceptors (Lipinski definition) is 3. The predicted octanol–water partition coefficient (Wildman–Crippen LogP) is 4.04. The van der Waals surface area contributed by atoms with Gasteiger partial charge in [-0.25, -0.2) is 4.79 Å². The van der Waals surface area contributed by atoms with Gasteiger partial charge in [-0.15, -0.1) is 0 Å². The molecule has 6 nitrogen and oxygen atoms in total. The monoisotopic (exact) mass is 435 g/mol. The standard InChI is InChI=1S/C23H34ClN3O3/c1-23(2,3)20-17(8-6-15-30-20)16-25-22(29)27-12-7-11-26(13-14-27)21(28)18-9-4-5-10-19(18)24/h4-5,9-10,17,20H,6-8,11-16H2,1-3H3,(H,25,29). The number of amides is 3. The van der Waals surface area contributed by atoms with Crippen LogP contribution in [0, 0.1) is 11.3 Å². The average molecular weight is 436 g/mol. The van der Waals surface area contributed by atoms with Gasteiger partial charge in [-0.2, -0.15) is 0 Å². The number of benzene rings is 1. The molecule has 0 aromatic heterocycles. The number of carbonyl (C=O) groups excluding carboxylic acids is 2. The van der Waals surface area contributed by atoms with Crippen molar-refractivity contribution in [3.63, 3.8) is 0 Å². The smallest absolute Gasteiger partial charge is 0.317 e. The van der Waals surface area contributed by atoms with Crippen LogP contribution in [-0.4, -0.2) is 67.2 Å². The third-order valence-corrected chi connectivity index (χ3v) is 6.32. The van der Waals surface area contributed by atoms with Gasteiger partial charge in [0.25, 0.3) is 5.91 Å². The molecule has 2 unspecified atom stereocenters. The summed E-state index contributed by atoms with van der Waals surface area (Å²) in [6, 6.07) is 7.05. The van der Waals surface area contributed by atoms with Crippen molar-refractivity contribution in [1.29, 1.82) is 0 Å². The molecular formula is C23H34ClN3O3. The molecule has 1 aromatic carbocycles. The third-order valence-electron chi connectivity index (χ3n) is 5.99. The zero-order chi connectivity index (χ0) is 21.7. The van der Waals surface area contributed by atoms with Gasteiger partial charge in [0.2, 0.25) is 0 Å². The fourth-order valence-corrected chi connectivity index (χ4v) is 4.68. The molecule has 166 valence electrons. The van der Waals surface area contributed by atoms with Crippen LogP contribution in [0.25, 0.3) is 0 Å². The number of ether oxygens (including phenoxy) is 1. The molecule has 2 heterocycles. The van der Waals surface area contributed by atoms with Crippen LogP contribution < -0.4 is 5.32 Å². The Kier molecular flexibility index (Phi) is 7.64. The van der Waals surface area contributed by atoms with E-state index in [1.54, 1.807) is 17.0 Å². The lowest BCUT2D eigenvalue weighted by Crippen LogP contribution is -2.48. The van der Waals surface area contributed by atoms with E-state index in [9.17, 15) is 9.59 Å². The van der Waals surface area contributed by atoms with E-state index in [1.165, 1.54) is 0 Å². The Morgan fingerprint density at radius 1 is 1.10 bits per heavy atom. The largest absolute Gasteiger partial charge is 0.377 e. The highest BCUT2D eigenvalue weighted by Crippen LogP contribution is 2.33. The highest BCUT2D eigenvalue weighted by Gasteiger charge is 2.35. The van der Waals surface area contributed by atoms with E-state index in [1.807, 2.05) is 17.0 Å². The number of urea groups is 1.